The second kappa shape index (κ2) is 11.3. The van der Waals surface area contributed by atoms with Gasteiger partial charge < -0.3 is 14.5 Å². The van der Waals surface area contributed by atoms with Gasteiger partial charge in [0, 0.05) is 42.6 Å². The predicted octanol–water partition coefficient (Wildman–Crippen LogP) is 6.90. The maximum absolute atomic E-state index is 15.2. The number of nitrogens with zero attached hydrogens (tertiary/aromatic N) is 4. The number of rotatable bonds is 6. The Balaban J connectivity index is 1.41. The standard InChI is InChI=1S/C32H37FN4O2/c1-39-26-14-8-13-25(19-26)37(24-11-4-5-12-24)31(38)28-20-34-32(35-30(28)27-15-6-7-16-29(27)33)36-18-17-22-9-2-3-10-23(22)21-36/h6-8,13-16,19-20,22-24H,2-5,9-12,17-18,21H2,1H3. The van der Waals surface area contributed by atoms with Gasteiger partial charge in [-0.2, -0.15) is 0 Å². The molecular formula is C32H37FN4O2. The first-order valence-corrected chi connectivity index (χ1v) is 14.5. The Morgan fingerprint density at radius 3 is 2.54 bits per heavy atom. The number of carbonyl (C=O) groups excluding carboxylic acids is 1. The van der Waals surface area contributed by atoms with E-state index in [1.807, 2.05) is 29.2 Å². The quantitative estimate of drug-likeness (QED) is 0.348. The maximum atomic E-state index is 15.2. The van der Waals surface area contributed by atoms with Crippen LogP contribution in [0.15, 0.2) is 54.7 Å². The number of amides is 1. The minimum absolute atomic E-state index is 0.0584. The number of piperidine rings is 1. The van der Waals surface area contributed by atoms with Crippen molar-refractivity contribution >= 4 is 17.5 Å². The van der Waals surface area contributed by atoms with Gasteiger partial charge in [-0.1, -0.05) is 50.3 Å². The van der Waals surface area contributed by atoms with E-state index in [1.54, 1.807) is 31.5 Å². The van der Waals surface area contributed by atoms with E-state index in [2.05, 4.69) is 4.90 Å². The van der Waals surface area contributed by atoms with Crippen molar-refractivity contribution in [2.75, 3.05) is 30.0 Å². The fourth-order valence-corrected chi connectivity index (χ4v) is 6.87. The van der Waals surface area contributed by atoms with E-state index in [1.165, 1.54) is 31.7 Å². The summed E-state index contributed by atoms with van der Waals surface area (Å²) in [6.45, 7) is 1.82. The third kappa shape index (κ3) is 5.23. The lowest BCUT2D eigenvalue weighted by atomic mass is 9.75. The molecule has 2 saturated carbocycles. The van der Waals surface area contributed by atoms with Crippen LogP contribution in [-0.4, -0.2) is 42.1 Å². The third-order valence-corrected chi connectivity index (χ3v) is 8.95. The van der Waals surface area contributed by atoms with Crippen LogP contribution in [0.3, 0.4) is 0 Å². The van der Waals surface area contributed by atoms with Crippen LogP contribution in [0, 0.1) is 17.7 Å². The van der Waals surface area contributed by atoms with Crippen LogP contribution in [-0.2, 0) is 0 Å². The summed E-state index contributed by atoms with van der Waals surface area (Å²) >= 11 is 0. The molecule has 2 atom stereocenters. The molecule has 3 aliphatic rings. The molecule has 1 aromatic heterocycles. The summed E-state index contributed by atoms with van der Waals surface area (Å²) in [5, 5.41) is 0. The van der Waals surface area contributed by atoms with Crippen LogP contribution in [0.25, 0.3) is 11.3 Å². The molecule has 204 valence electrons. The minimum atomic E-state index is -0.393. The van der Waals surface area contributed by atoms with Crippen molar-refractivity contribution in [1.29, 1.82) is 0 Å². The SMILES string of the molecule is COc1cccc(N(C(=O)c2cnc(N3CCC4CCCCC4C3)nc2-c2ccccc2F)C2CCCC2)c1. The summed E-state index contributed by atoms with van der Waals surface area (Å²) in [4.78, 5) is 28.1. The minimum Gasteiger partial charge on any atom is -0.497 e. The number of halogens is 1. The molecule has 2 aromatic carbocycles. The average Bonchev–Trinajstić information content (AvgIpc) is 3.51. The van der Waals surface area contributed by atoms with E-state index in [9.17, 15) is 4.79 Å². The summed E-state index contributed by atoms with van der Waals surface area (Å²) in [6, 6.07) is 14.2. The summed E-state index contributed by atoms with van der Waals surface area (Å²) < 4.78 is 20.7. The van der Waals surface area contributed by atoms with E-state index < -0.39 is 5.82 Å². The maximum Gasteiger partial charge on any atom is 0.262 e. The zero-order valence-electron chi connectivity index (χ0n) is 22.7. The van der Waals surface area contributed by atoms with Crippen molar-refractivity contribution in [3.63, 3.8) is 0 Å². The number of fused-ring (bicyclic) bond motifs is 1. The zero-order valence-corrected chi connectivity index (χ0v) is 22.7. The smallest absolute Gasteiger partial charge is 0.262 e. The van der Waals surface area contributed by atoms with Crippen LogP contribution < -0.4 is 14.5 Å². The zero-order chi connectivity index (χ0) is 26.8. The Bertz CT molecular complexity index is 1330. The van der Waals surface area contributed by atoms with Crippen molar-refractivity contribution < 1.29 is 13.9 Å². The highest BCUT2D eigenvalue weighted by Crippen LogP contribution is 2.38. The van der Waals surface area contributed by atoms with E-state index in [-0.39, 0.29) is 11.9 Å². The van der Waals surface area contributed by atoms with Gasteiger partial charge in [0.05, 0.1) is 18.4 Å². The molecular weight excluding hydrogens is 491 g/mol. The molecule has 6 rings (SSSR count). The molecule has 0 radical (unpaired) electrons. The highest BCUT2D eigenvalue weighted by Gasteiger charge is 2.34. The van der Waals surface area contributed by atoms with Gasteiger partial charge in [-0.05, 0) is 61.8 Å². The second-order valence-electron chi connectivity index (χ2n) is 11.3. The number of hydrogen-bond acceptors (Lipinski definition) is 5. The molecule has 0 bridgehead atoms. The Morgan fingerprint density at radius 1 is 0.974 bits per heavy atom. The summed E-state index contributed by atoms with van der Waals surface area (Å²) in [7, 11) is 1.62. The lowest BCUT2D eigenvalue weighted by Gasteiger charge is -2.41. The number of anilines is 2. The van der Waals surface area contributed by atoms with E-state index >= 15 is 4.39 Å². The monoisotopic (exact) mass is 528 g/mol. The van der Waals surface area contributed by atoms with Crippen LogP contribution in [0.2, 0.25) is 0 Å². The third-order valence-electron chi connectivity index (χ3n) is 8.95. The molecule has 2 aliphatic carbocycles. The summed E-state index contributed by atoms with van der Waals surface area (Å²) in [5.74, 6) is 2.12. The second-order valence-corrected chi connectivity index (χ2v) is 11.3. The molecule has 2 unspecified atom stereocenters. The number of hydrogen-bond donors (Lipinski definition) is 0. The topological polar surface area (TPSA) is 58.6 Å². The first-order valence-electron chi connectivity index (χ1n) is 14.5. The Labute approximate surface area is 230 Å². The first-order chi connectivity index (χ1) is 19.1. The van der Waals surface area contributed by atoms with Crippen LogP contribution >= 0.6 is 0 Å². The van der Waals surface area contributed by atoms with Gasteiger partial charge in [-0.25, -0.2) is 14.4 Å². The lowest BCUT2D eigenvalue weighted by molar-refractivity contribution is 0.0977. The van der Waals surface area contributed by atoms with Crippen molar-refractivity contribution in [2.24, 2.45) is 11.8 Å². The molecule has 2 heterocycles. The molecule has 3 fully saturated rings. The largest absolute Gasteiger partial charge is 0.497 e. The van der Waals surface area contributed by atoms with Crippen LogP contribution in [0.4, 0.5) is 16.0 Å². The van der Waals surface area contributed by atoms with Crippen molar-refractivity contribution in [3.05, 3.63) is 66.1 Å². The van der Waals surface area contributed by atoms with Crippen LogP contribution in [0.5, 0.6) is 5.75 Å². The number of ether oxygens (including phenoxy) is 1. The number of carbonyl (C=O) groups is 1. The first kappa shape index (κ1) is 25.8. The van der Waals surface area contributed by atoms with E-state index in [0.29, 0.717) is 34.4 Å². The molecule has 39 heavy (non-hydrogen) atoms. The molecule has 1 aliphatic heterocycles. The molecule has 0 spiro atoms. The number of methoxy groups -OCH3 is 1. The Kier molecular flexibility index (Phi) is 7.49. The predicted molar refractivity (Wildman–Crippen MR) is 152 cm³/mol. The highest BCUT2D eigenvalue weighted by atomic mass is 19.1. The normalized spacial score (nSPS) is 21.4. The van der Waals surface area contributed by atoms with Crippen molar-refractivity contribution in [1.82, 2.24) is 9.97 Å². The van der Waals surface area contributed by atoms with Gasteiger partial charge >= 0.3 is 0 Å². The van der Waals surface area contributed by atoms with Crippen molar-refractivity contribution in [3.8, 4) is 17.0 Å². The van der Waals surface area contributed by atoms with Gasteiger partial charge in [-0.15, -0.1) is 0 Å². The van der Waals surface area contributed by atoms with Gasteiger partial charge in [0.1, 0.15) is 11.6 Å². The molecule has 0 N–H and O–H groups in total. The average molecular weight is 529 g/mol. The fraction of sp³-hybridized carbons (Fsp3) is 0.469. The Hall–Kier alpha value is -3.48. The summed E-state index contributed by atoms with van der Waals surface area (Å²) in [6.07, 6.45) is 11.9. The molecule has 7 heteroatoms. The molecule has 3 aromatic rings. The fourth-order valence-electron chi connectivity index (χ4n) is 6.87. The van der Waals surface area contributed by atoms with Gasteiger partial charge in [0.25, 0.3) is 5.91 Å². The van der Waals surface area contributed by atoms with Crippen molar-refractivity contribution in [2.45, 2.75) is 63.8 Å². The molecule has 6 nitrogen and oxygen atoms in total. The van der Waals surface area contributed by atoms with Crippen LogP contribution in [0.1, 0.15) is 68.1 Å². The van der Waals surface area contributed by atoms with Gasteiger partial charge in [0.15, 0.2) is 0 Å². The Morgan fingerprint density at radius 2 is 1.74 bits per heavy atom. The summed E-state index contributed by atoms with van der Waals surface area (Å²) in [5.41, 5.74) is 1.79. The molecule has 1 saturated heterocycles. The number of aromatic nitrogens is 2. The highest BCUT2D eigenvalue weighted by molar-refractivity contribution is 6.10. The molecule has 1 amide bonds. The lowest BCUT2D eigenvalue weighted by Crippen LogP contribution is -2.43. The van der Waals surface area contributed by atoms with E-state index in [0.717, 1.165) is 56.8 Å². The van der Waals surface area contributed by atoms with Gasteiger partial charge in [0.2, 0.25) is 5.95 Å². The number of benzene rings is 2. The van der Waals surface area contributed by atoms with E-state index in [4.69, 9.17) is 14.7 Å². The van der Waals surface area contributed by atoms with Gasteiger partial charge in [-0.3, -0.25) is 4.79 Å².